The van der Waals surface area contributed by atoms with Gasteiger partial charge in [0.2, 0.25) is 5.95 Å². The molecule has 5 heteroatoms. The van der Waals surface area contributed by atoms with Gasteiger partial charge >= 0.3 is 0 Å². The van der Waals surface area contributed by atoms with Crippen molar-refractivity contribution >= 4 is 5.95 Å². The van der Waals surface area contributed by atoms with Crippen molar-refractivity contribution in [1.29, 1.82) is 0 Å². The number of rotatable bonds is 4. The van der Waals surface area contributed by atoms with Crippen molar-refractivity contribution in [3.63, 3.8) is 0 Å². The minimum absolute atomic E-state index is 0.626. The van der Waals surface area contributed by atoms with Crippen LogP contribution in [-0.4, -0.2) is 48.1 Å². The summed E-state index contributed by atoms with van der Waals surface area (Å²) in [5, 5.41) is 0. The highest BCUT2D eigenvalue weighted by Crippen LogP contribution is 2.18. The van der Waals surface area contributed by atoms with Gasteiger partial charge in [0.15, 0.2) is 0 Å². The first-order chi connectivity index (χ1) is 8.24. The molecule has 0 saturated carbocycles. The van der Waals surface area contributed by atoms with Crippen LogP contribution < -0.4 is 10.6 Å². The molecule has 1 aromatic heterocycles. The Morgan fingerprint density at radius 1 is 1.53 bits per heavy atom. The van der Waals surface area contributed by atoms with Gasteiger partial charge in [-0.3, -0.25) is 4.90 Å². The van der Waals surface area contributed by atoms with E-state index >= 15 is 0 Å². The van der Waals surface area contributed by atoms with Gasteiger partial charge < -0.3 is 10.6 Å². The van der Waals surface area contributed by atoms with Gasteiger partial charge in [0, 0.05) is 51.4 Å². The first kappa shape index (κ1) is 12.3. The van der Waals surface area contributed by atoms with Crippen molar-refractivity contribution in [2.45, 2.75) is 19.9 Å². The molecule has 0 radical (unpaired) electrons. The average molecular weight is 235 g/mol. The van der Waals surface area contributed by atoms with Crippen molar-refractivity contribution < 1.29 is 0 Å². The zero-order chi connectivity index (χ0) is 12.3. The molecule has 0 unspecified atom stereocenters. The van der Waals surface area contributed by atoms with E-state index < -0.39 is 0 Å². The van der Waals surface area contributed by atoms with Gasteiger partial charge in [0.1, 0.15) is 0 Å². The fourth-order valence-corrected chi connectivity index (χ4v) is 2.11. The first-order valence-corrected chi connectivity index (χ1v) is 6.23. The van der Waals surface area contributed by atoms with Gasteiger partial charge in [-0.15, -0.1) is 0 Å². The Balaban J connectivity index is 2.15. The number of fused-ring (bicyclic) bond motifs is 1. The summed E-state index contributed by atoms with van der Waals surface area (Å²) in [5.74, 6) is 0.791. The number of hydrogen-bond acceptors (Lipinski definition) is 5. The Morgan fingerprint density at radius 3 is 3.06 bits per heavy atom. The summed E-state index contributed by atoms with van der Waals surface area (Å²) < 4.78 is 0. The summed E-state index contributed by atoms with van der Waals surface area (Å²) in [6.45, 7) is 6.78. The van der Waals surface area contributed by atoms with E-state index in [0.717, 1.165) is 38.5 Å². The van der Waals surface area contributed by atoms with Crippen LogP contribution in [0, 0.1) is 0 Å². The topological polar surface area (TPSA) is 58.3 Å². The number of anilines is 1. The first-order valence-electron chi connectivity index (χ1n) is 6.23. The van der Waals surface area contributed by atoms with Crippen LogP contribution in [0.5, 0.6) is 0 Å². The number of nitrogens with zero attached hydrogens (tertiary/aromatic N) is 4. The summed E-state index contributed by atoms with van der Waals surface area (Å²) in [6, 6.07) is 0. The Morgan fingerprint density at radius 2 is 2.35 bits per heavy atom. The second kappa shape index (κ2) is 5.42. The van der Waals surface area contributed by atoms with E-state index in [2.05, 4.69) is 21.8 Å². The summed E-state index contributed by atoms with van der Waals surface area (Å²) in [5.41, 5.74) is 8.00. The number of likely N-dealkylation sites (N-methyl/N-ethyl adjacent to an activating group) is 2. The van der Waals surface area contributed by atoms with Crippen LogP contribution in [0.2, 0.25) is 0 Å². The second-order valence-electron chi connectivity index (χ2n) is 4.47. The van der Waals surface area contributed by atoms with Crippen LogP contribution in [0.25, 0.3) is 0 Å². The van der Waals surface area contributed by atoms with E-state index in [1.165, 1.54) is 11.3 Å². The SMILES string of the molecule is CCN1CCc2nc(N(C)CCN)ncc2C1. The molecule has 5 nitrogen and oxygen atoms in total. The molecular formula is C12H21N5. The molecule has 0 saturated heterocycles. The van der Waals surface area contributed by atoms with Gasteiger partial charge in [-0.05, 0) is 6.54 Å². The van der Waals surface area contributed by atoms with Crippen molar-refractivity contribution in [3.05, 3.63) is 17.5 Å². The molecule has 0 aliphatic carbocycles. The highest BCUT2D eigenvalue weighted by atomic mass is 15.2. The zero-order valence-electron chi connectivity index (χ0n) is 10.7. The highest BCUT2D eigenvalue weighted by Gasteiger charge is 2.17. The van der Waals surface area contributed by atoms with Gasteiger partial charge in [-0.2, -0.15) is 0 Å². The summed E-state index contributed by atoms with van der Waals surface area (Å²) in [6.07, 6.45) is 2.99. The van der Waals surface area contributed by atoms with Gasteiger partial charge in [0.05, 0.1) is 5.69 Å². The van der Waals surface area contributed by atoms with Gasteiger partial charge in [-0.1, -0.05) is 6.92 Å². The Labute approximate surface area is 103 Å². The molecule has 0 aromatic carbocycles. The largest absolute Gasteiger partial charge is 0.343 e. The van der Waals surface area contributed by atoms with E-state index in [4.69, 9.17) is 5.73 Å². The molecule has 2 rings (SSSR count). The van der Waals surface area contributed by atoms with E-state index in [9.17, 15) is 0 Å². The van der Waals surface area contributed by atoms with Crippen LogP contribution in [0.15, 0.2) is 6.20 Å². The maximum absolute atomic E-state index is 5.54. The normalized spacial score (nSPS) is 15.7. The van der Waals surface area contributed by atoms with Gasteiger partial charge in [0.25, 0.3) is 0 Å². The predicted octanol–water partition coefficient (Wildman–Crippen LogP) is 0.250. The molecule has 1 aromatic rings. The van der Waals surface area contributed by atoms with E-state index in [-0.39, 0.29) is 0 Å². The van der Waals surface area contributed by atoms with E-state index in [1.807, 2.05) is 18.1 Å². The van der Waals surface area contributed by atoms with Crippen molar-refractivity contribution in [3.8, 4) is 0 Å². The third kappa shape index (κ3) is 2.73. The Hall–Kier alpha value is -1.20. The molecule has 17 heavy (non-hydrogen) atoms. The van der Waals surface area contributed by atoms with E-state index in [1.54, 1.807) is 0 Å². The zero-order valence-corrected chi connectivity index (χ0v) is 10.7. The molecule has 0 bridgehead atoms. The molecule has 0 amide bonds. The monoisotopic (exact) mass is 235 g/mol. The van der Waals surface area contributed by atoms with Crippen LogP contribution in [0.1, 0.15) is 18.2 Å². The lowest BCUT2D eigenvalue weighted by Gasteiger charge is -2.27. The quantitative estimate of drug-likeness (QED) is 0.810. The predicted molar refractivity (Wildman–Crippen MR) is 69.0 cm³/mol. The van der Waals surface area contributed by atoms with Crippen molar-refractivity contribution in [2.75, 3.05) is 38.1 Å². The molecule has 1 aliphatic heterocycles. The minimum atomic E-state index is 0.626. The standard InChI is InChI=1S/C12H21N5/c1-3-17-6-4-11-10(9-17)8-14-12(15-11)16(2)7-5-13/h8H,3-7,9,13H2,1-2H3. The molecule has 0 spiro atoms. The number of hydrogen-bond donors (Lipinski definition) is 1. The minimum Gasteiger partial charge on any atom is -0.343 e. The van der Waals surface area contributed by atoms with Crippen LogP contribution in [0.3, 0.4) is 0 Å². The summed E-state index contributed by atoms with van der Waals surface area (Å²) >= 11 is 0. The Kier molecular flexibility index (Phi) is 3.91. The fraction of sp³-hybridized carbons (Fsp3) is 0.667. The third-order valence-electron chi connectivity index (χ3n) is 3.25. The fourth-order valence-electron chi connectivity index (χ4n) is 2.11. The summed E-state index contributed by atoms with van der Waals surface area (Å²) in [4.78, 5) is 13.5. The second-order valence-corrected chi connectivity index (χ2v) is 4.47. The Bertz CT molecular complexity index is 379. The smallest absolute Gasteiger partial charge is 0.225 e. The molecule has 2 N–H and O–H groups in total. The van der Waals surface area contributed by atoms with Gasteiger partial charge in [-0.25, -0.2) is 9.97 Å². The lowest BCUT2D eigenvalue weighted by molar-refractivity contribution is 0.265. The lowest BCUT2D eigenvalue weighted by Crippen LogP contribution is -2.32. The number of nitrogens with two attached hydrogens (primary N) is 1. The van der Waals surface area contributed by atoms with Crippen LogP contribution in [0.4, 0.5) is 5.95 Å². The molecule has 0 fully saturated rings. The lowest BCUT2D eigenvalue weighted by atomic mass is 10.1. The van der Waals surface area contributed by atoms with Crippen molar-refractivity contribution in [1.82, 2.24) is 14.9 Å². The molecule has 94 valence electrons. The molecule has 0 atom stereocenters. The number of aromatic nitrogens is 2. The maximum atomic E-state index is 5.54. The third-order valence-corrected chi connectivity index (χ3v) is 3.25. The highest BCUT2D eigenvalue weighted by molar-refractivity contribution is 5.33. The maximum Gasteiger partial charge on any atom is 0.225 e. The van der Waals surface area contributed by atoms with Crippen LogP contribution >= 0.6 is 0 Å². The van der Waals surface area contributed by atoms with Crippen molar-refractivity contribution in [2.24, 2.45) is 5.73 Å². The summed E-state index contributed by atoms with van der Waals surface area (Å²) in [7, 11) is 1.98. The molecule has 2 heterocycles. The molecule has 1 aliphatic rings. The molecular weight excluding hydrogens is 214 g/mol. The van der Waals surface area contributed by atoms with Crippen LogP contribution in [-0.2, 0) is 13.0 Å². The average Bonchev–Trinajstić information content (AvgIpc) is 2.37. The van der Waals surface area contributed by atoms with E-state index in [0.29, 0.717) is 6.54 Å².